The number of hydrogen-bond donors (Lipinski definition) is 3. The van der Waals surface area contributed by atoms with Gasteiger partial charge in [0.1, 0.15) is 11.6 Å². The average molecular weight is 277 g/mol. The van der Waals surface area contributed by atoms with E-state index in [1.165, 1.54) is 6.07 Å². The van der Waals surface area contributed by atoms with Crippen molar-refractivity contribution in [1.82, 2.24) is 20.5 Å². The molecule has 0 aromatic carbocycles. The van der Waals surface area contributed by atoms with E-state index >= 15 is 0 Å². The van der Waals surface area contributed by atoms with Crippen molar-refractivity contribution in [2.45, 2.75) is 19.9 Å². The van der Waals surface area contributed by atoms with Crippen molar-refractivity contribution in [1.29, 1.82) is 0 Å². The third-order valence-corrected chi connectivity index (χ3v) is 2.81. The minimum Gasteiger partial charge on any atom is -0.370 e. The van der Waals surface area contributed by atoms with E-state index in [0.717, 1.165) is 11.8 Å². The zero-order valence-corrected chi connectivity index (χ0v) is 11.3. The van der Waals surface area contributed by atoms with Gasteiger partial charge >= 0.3 is 0 Å². The summed E-state index contributed by atoms with van der Waals surface area (Å²) in [4.78, 5) is 16.1. The monoisotopic (exact) mass is 277 g/mol. The number of aromatic amines is 1. The van der Waals surface area contributed by atoms with E-state index in [0.29, 0.717) is 12.4 Å². The highest BCUT2D eigenvalue weighted by molar-refractivity contribution is 5.98. The molecule has 1 amide bonds. The van der Waals surface area contributed by atoms with Crippen molar-refractivity contribution in [3.05, 3.63) is 41.6 Å². The van der Waals surface area contributed by atoms with Crippen molar-refractivity contribution in [3.8, 4) is 0 Å². The average Bonchev–Trinajstić information content (AvgIpc) is 2.95. The molecule has 2 aromatic heterocycles. The largest absolute Gasteiger partial charge is 0.370 e. The number of rotatable bonds is 5. The molecule has 0 aliphatic heterocycles. The summed E-state index contributed by atoms with van der Waals surface area (Å²) in [6.45, 7) is 4.29. The van der Waals surface area contributed by atoms with Crippen LogP contribution in [0.1, 0.15) is 35.8 Å². The van der Waals surface area contributed by atoms with Crippen LogP contribution in [0.3, 0.4) is 0 Å². The van der Waals surface area contributed by atoms with Gasteiger partial charge in [-0.25, -0.2) is 9.37 Å². The highest BCUT2D eigenvalue weighted by Crippen LogP contribution is 2.16. The zero-order valence-electron chi connectivity index (χ0n) is 11.3. The van der Waals surface area contributed by atoms with Gasteiger partial charge in [0, 0.05) is 18.3 Å². The molecule has 0 aliphatic carbocycles. The van der Waals surface area contributed by atoms with Crippen molar-refractivity contribution < 1.29 is 9.18 Å². The molecule has 20 heavy (non-hydrogen) atoms. The van der Waals surface area contributed by atoms with Crippen LogP contribution >= 0.6 is 0 Å². The summed E-state index contributed by atoms with van der Waals surface area (Å²) >= 11 is 0. The third-order valence-electron chi connectivity index (χ3n) is 2.81. The smallest absolute Gasteiger partial charge is 0.255 e. The van der Waals surface area contributed by atoms with Crippen LogP contribution in [-0.4, -0.2) is 27.6 Å². The van der Waals surface area contributed by atoms with Gasteiger partial charge in [-0.3, -0.25) is 9.89 Å². The molecule has 6 nitrogen and oxygen atoms in total. The molecule has 3 N–H and O–H groups in total. The Morgan fingerprint density at radius 2 is 2.30 bits per heavy atom. The molecule has 1 atom stereocenters. The molecule has 2 aromatic rings. The van der Waals surface area contributed by atoms with Gasteiger partial charge in [0.05, 0.1) is 24.0 Å². The summed E-state index contributed by atoms with van der Waals surface area (Å²) in [7, 11) is 0. The Morgan fingerprint density at radius 1 is 1.50 bits per heavy atom. The number of nitrogens with zero attached hydrogens (tertiary/aromatic N) is 2. The standard InChI is InChI=1S/C13H16FN5O/c1-3-15-12-11(4-10(14)7-16-12)13(20)19-8(2)9-5-17-18-6-9/h4-8H,3H2,1-2H3,(H,15,16)(H,17,18)(H,19,20). The molecule has 7 heteroatoms. The normalized spacial score (nSPS) is 11.9. The molecular weight excluding hydrogens is 261 g/mol. The van der Waals surface area contributed by atoms with Crippen LogP contribution in [0, 0.1) is 5.82 Å². The van der Waals surface area contributed by atoms with Gasteiger partial charge in [0.15, 0.2) is 0 Å². The number of halogens is 1. The van der Waals surface area contributed by atoms with E-state index in [-0.39, 0.29) is 17.5 Å². The number of anilines is 1. The third kappa shape index (κ3) is 3.11. The molecule has 0 radical (unpaired) electrons. The molecule has 0 fully saturated rings. The molecule has 0 saturated heterocycles. The minimum atomic E-state index is -0.548. The Morgan fingerprint density at radius 3 is 2.95 bits per heavy atom. The van der Waals surface area contributed by atoms with Crippen LogP contribution in [-0.2, 0) is 0 Å². The Hall–Kier alpha value is -2.44. The SMILES string of the molecule is CCNc1ncc(F)cc1C(=O)NC(C)c1cn[nH]c1. The van der Waals surface area contributed by atoms with Crippen LogP contribution in [0.4, 0.5) is 10.2 Å². The fourth-order valence-corrected chi connectivity index (χ4v) is 1.78. The zero-order chi connectivity index (χ0) is 14.5. The molecule has 0 spiro atoms. The maximum atomic E-state index is 13.3. The van der Waals surface area contributed by atoms with Gasteiger partial charge in [-0.1, -0.05) is 0 Å². The first-order valence-electron chi connectivity index (χ1n) is 6.30. The second-order valence-corrected chi connectivity index (χ2v) is 4.31. The summed E-state index contributed by atoms with van der Waals surface area (Å²) in [6.07, 6.45) is 4.40. The Labute approximate surface area is 115 Å². The van der Waals surface area contributed by atoms with Crippen LogP contribution in [0.2, 0.25) is 0 Å². The number of H-pyrrole nitrogens is 1. The van der Waals surface area contributed by atoms with E-state index in [4.69, 9.17) is 0 Å². The second-order valence-electron chi connectivity index (χ2n) is 4.31. The highest BCUT2D eigenvalue weighted by Gasteiger charge is 2.17. The lowest BCUT2D eigenvalue weighted by Gasteiger charge is -2.14. The molecule has 0 bridgehead atoms. The number of amides is 1. The fourth-order valence-electron chi connectivity index (χ4n) is 1.78. The molecule has 106 valence electrons. The van der Waals surface area contributed by atoms with Crippen LogP contribution in [0.25, 0.3) is 0 Å². The lowest BCUT2D eigenvalue weighted by atomic mass is 10.1. The van der Waals surface area contributed by atoms with Crippen LogP contribution in [0.15, 0.2) is 24.7 Å². The topological polar surface area (TPSA) is 82.7 Å². The molecule has 2 heterocycles. The lowest BCUT2D eigenvalue weighted by molar-refractivity contribution is 0.0940. The maximum Gasteiger partial charge on any atom is 0.255 e. The number of hydrogen-bond acceptors (Lipinski definition) is 4. The minimum absolute atomic E-state index is 0.183. The van der Waals surface area contributed by atoms with Gasteiger partial charge in [-0.2, -0.15) is 5.10 Å². The van der Waals surface area contributed by atoms with Crippen LogP contribution < -0.4 is 10.6 Å². The summed E-state index contributed by atoms with van der Waals surface area (Å²) in [5, 5.41) is 12.2. The Balaban J connectivity index is 2.18. The maximum absolute atomic E-state index is 13.3. The van der Waals surface area contributed by atoms with E-state index in [1.807, 2.05) is 13.8 Å². The van der Waals surface area contributed by atoms with E-state index < -0.39 is 5.82 Å². The molecular formula is C13H16FN5O. The molecule has 0 saturated carbocycles. The summed E-state index contributed by atoms with van der Waals surface area (Å²) in [5.74, 6) is -0.569. The predicted octanol–water partition coefficient (Wildman–Crippen LogP) is 1.87. The Bertz CT molecular complexity index is 584. The quantitative estimate of drug-likeness (QED) is 0.779. The van der Waals surface area contributed by atoms with Gasteiger partial charge in [-0.15, -0.1) is 0 Å². The number of nitrogens with one attached hydrogen (secondary N) is 3. The number of carbonyl (C=O) groups is 1. The number of pyridine rings is 1. The van der Waals surface area contributed by atoms with Gasteiger partial charge in [0.2, 0.25) is 0 Å². The molecule has 0 aliphatic rings. The summed E-state index contributed by atoms with van der Waals surface area (Å²) in [5.41, 5.74) is 1.02. The van der Waals surface area contributed by atoms with Gasteiger partial charge < -0.3 is 10.6 Å². The first-order chi connectivity index (χ1) is 9.61. The summed E-state index contributed by atoms with van der Waals surface area (Å²) < 4.78 is 13.3. The summed E-state index contributed by atoms with van der Waals surface area (Å²) in [6, 6.07) is 0.932. The van der Waals surface area contributed by atoms with Crippen molar-refractivity contribution in [2.24, 2.45) is 0 Å². The predicted molar refractivity (Wildman–Crippen MR) is 72.8 cm³/mol. The van der Waals surface area contributed by atoms with Crippen molar-refractivity contribution in [2.75, 3.05) is 11.9 Å². The first kappa shape index (κ1) is 14.0. The van der Waals surface area contributed by atoms with E-state index in [9.17, 15) is 9.18 Å². The van der Waals surface area contributed by atoms with Gasteiger partial charge in [0.25, 0.3) is 5.91 Å². The lowest BCUT2D eigenvalue weighted by Crippen LogP contribution is -2.27. The Kier molecular flexibility index (Phi) is 4.29. The van der Waals surface area contributed by atoms with Gasteiger partial charge in [-0.05, 0) is 19.9 Å². The van der Waals surface area contributed by atoms with Crippen molar-refractivity contribution in [3.63, 3.8) is 0 Å². The first-order valence-corrected chi connectivity index (χ1v) is 6.30. The highest BCUT2D eigenvalue weighted by atomic mass is 19.1. The van der Waals surface area contributed by atoms with E-state index in [1.54, 1.807) is 12.4 Å². The van der Waals surface area contributed by atoms with E-state index in [2.05, 4.69) is 25.8 Å². The van der Waals surface area contributed by atoms with Crippen molar-refractivity contribution >= 4 is 11.7 Å². The number of aromatic nitrogens is 3. The molecule has 2 rings (SSSR count). The van der Waals surface area contributed by atoms with Crippen LogP contribution in [0.5, 0.6) is 0 Å². The fraction of sp³-hybridized carbons (Fsp3) is 0.308. The molecule has 1 unspecified atom stereocenters. The second kappa shape index (κ2) is 6.14. The number of carbonyl (C=O) groups excluding carboxylic acids is 1.